The summed E-state index contributed by atoms with van der Waals surface area (Å²) in [7, 11) is 0. The lowest BCUT2D eigenvalue weighted by atomic mass is 10.1. The number of hydrogen-bond donors (Lipinski definition) is 2. The molecule has 0 fully saturated rings. The molecule has 0 radical (unpaired) electrons. The number of hydrogen-bond acceptors (Lipinski definition) is 2. The molecule has 0 bridgehead atoms. The minimum atomic E-state index is -0.831. The molecule has 0 amide bonds. The molecule has 1 atom stereocenters. The number of benzene rings is 1. The summed E-state index contributed by atoms with van der Waals surface area (Å²) in [6.07, 6.45) is 3.61. The third kappa shape index (κ3) is 5.47. The zero-order chi connectivity index (χ0) is 15.0. The molecule has 0 aromatic heterocycles. The molecule has 3 nitrogen and oxygen atoms in total. The highest BCUT2D eigenvalue weighted by Gasteiger charge is 2.15. The van der Waals surface area contributed by atoms with Crippen molar-refractivity contribution in [1.82, 2.24) is 5.32 Å². The zero-order valence-corrected chi connectivity index (χ0v) is 12.4. The van der Waals surface area contributed by atoms with Crippen molar-refractivity contribution in [3.63, 3.8) is 0 Å². The molecular weight excluding hydrogens is 281 g/mol. The van der Waals surface area contributed by atoms with E-state index in [4.69, 9.17) is 16.7 Å². The van der Waals surface area contributed by atoms with Crippen LogP contribution in [-0.4, -0.2) is 23.7 Å². The van der Waals surface area contributed by atoms with E-state index in [1.165, 1.54) is 6.07 Å². The molecule has 1 aromatic rings. The first-order chi connectivity index (χ1) is 9.56. The summed E-state index contributed by atoms with van der Waals surface area (Å²) in [6.45, 7) is 2.56. The van der Waals surface area contributed by atoms with Gasteiger partial charge in [-0.3, -0.25) is 4.79 Å². The van der Waals surface area contributed by atoms with Gasteiger partial charge in [0.25, 0.3) is 0 Å². The van der Waals surface area contributed by atoms with Gasteiger partial charge in [-0.25, -0.2) is 4.39 Å². The van der Waals surface area contributed by atoms with E-state index in [9.17, 15) is 9.18 Å². The third-order valence-electron chi connectivity index (χ3n) is 3.20. The van der Waals surface area contributed by atoms with Crippen LogP contribution in [0.25, 0.3) is 0 Å². The monoisotopic (exact) mass is 301 g/mol. The standard InChI is InChI=1S/C15H21ClFNO2/c1-2-3-9-14(15(19)20)18-10-5-6-11-12(16)7-4-8-13(11)17/h4,7-8,14,18H,2-3,5-6,9-10H2,1H3,(H,19,20)/t14-/m0/s1. The molecule has 0 aliphatic carbocycles. The van der Waals surface area contributed by atoms with Crippen LogP contribution in [-0.2, 0) is 11.2 Å². The maximum absolute atomic E-state index is 13.5. The van der Waals surface area contributed by atoms with Crippen LogP contribution < -0.4 is 5.32 Å². The van der Waals surface area contributed by atoms with Crippen LogP contribution in [0.1, 0.15) is 38.2 Å². The number of nitrogens with one attached hydrogen (secondary N) is 1. The molecule has 0 heterocycles. The first-order valence-electron chi connectivity index (χ1n) is 6.95. The Morgan fingerprint density at radius 1 is 1.45 bits per heavy atom. The highest BCUT2D eigenvalue weighted by atomic mass is 35.5. The van der Waals surface area contributed by atoms with E-state index in [2.05, 4.69) is 5.32 Å². The van der Waals surface area contributed by atoms with Crippen LogP contribution in [0.15, 0.2) is 18.2 Å². The number of carboxylic acid groups (broad SMARTS) is 1. The molecule has 0 unspecified atom stereocenters. The van der Waals surface area contributed by atoms with Crippen LogP contribution in [0.5, 0.6) is 0 Å². The van der Waals surface area contributed by atoms with Gasteiger partial charge in [0.05, 0.1) is 0 Å². The van der Waals surface area contributed by atoms with Crippen molar-refractivity contribution in [2.45, 2.75) is 45.1 Å². The Bertz CT molecular complexity index is 420. The molecule has 0 spiro atoms. The molecule has 112 valence electrons. The van der Waals surface area contributed by atoms with Crippen LogP contribution in [0.4, 0.5) is 4.39 Å². The van der Waals surface area contributed by atoms with E-state index in [1.54, 1.807) is 12.1 Å². The van der Waals surface area contributed by atoms with Gasteiger partial charge in [0.2, 0.25) is 0 Å². The Labute approximate surface area is 124 Å². The van der Waals surface area contributed by atoms with E-state index in [1.807, 2.05) is 6.92 Å². The summed E-state index contributed by atoms with van der Waals surface area (Å²) < 4.78 is 13.5. The van der Waals surface area contributed by atoms with Crippen molar-refractivity contribution in [2.24, 2.45) is 0 Å². The van der Waals surface area contributed by atoms with E-state index < -0.39 is 12.0 Å². The molecule has 0 saturated carbocycles. The van der Waals surface area contributed by atoms with Gasteiger partial charge in [0, 0.05) is 10.6 Å². The Kier molecular flexibility index (Phi) is 7.55. The molecule has 1 rings (SSSR count). The van der Waals surface area contributed by atoms with E-state index >= 15 is 0 Å². The van der Waals surface area contributed by atoms with Gasteiger partial charge in [-0.2, -0.15) is 0 Å². The van der Waals surface area contributed by atoms with Gasteiger partial charge in [-0.05, 0) is 37.9 Å². The molecule has 0 aliphatic rings. The lowest BCUT2D eigenvalue weighted by Gasteiger charge is -2.14. The van der Waals surface area contributed by atoms with Crippen molar-refractivity contribution < 1.29 is 14.3 Å². The smallest absolute Gasteiger partial charge is 0.320 e. The number of unbranched alkanes of at least 4 members (excludes halogenated alkanes) is 1. The summed E-state index contributed by atoms with van der Waals surface area (Å²) in [5, 5.41) is 12.5. The Morgan fingerprint density at radius 3 is 2.80 bits per heavy atom. The second-order valence-electron chi connectivity index (χ2n) is 4.79. The molecule has 20 heavy (non-hydrogen) atoms. The van der Waals surface area contributed by atoms with Crippen molar-refractivity contribution >= 4 is 17.6 Å². The minimum Gasteiger partial charge on any atom is -0.480 e. The average Bonchev–Trinajstić information content (AvgIpc) is 2.40. The fraction of sp³-hybridized carbons (Fsp3) is 0.533. The zero-order valence-electron chi connectivity index (χ0n) is 11.7. The number of carboxylic acids is 1. The summed E-state index contributed by atoms with van der Waals surface area (Å²) in [5.74, 6) is -1.14. The second kappa shape index (κ2) is 8.93. The average molecular weight is 302 g/mol. The maximum Gasteiger partial charge on any atom is 0.320 e. The molecule has 0 saturated heterocycles. The minimum absolute atomic E-state index is 0.307. The second-order valence-corrected chi connectivity index (χ2v) is 5.20. The number of halogens is 2. The van der Waals surface area contributed by atoms with Crippen LogP contribution >= 0.6 is 11.6 Å². The third-order valence-corrected chi connectivity index (χ3v) is 3.55. The topological polar surface area (TPSA) is 49.3 Å². The molecule has 1 aromatic carbocycles. The Hall–Kier alpha value is -1.13. The van der Waals surface area contributed by atoms with Gasteiger partial charge >= 0.3 is 5.97 Å². The molecule has 0 aliphatic heterocycles. The summed E-state index contributed by atoms with van der Waals surface area (Å²) >= 11 is 5.94. The van der Waals surface area contributed by atoms with Crippen molar-refractivity contribution in [2.75, 3.05) is 6.54 Å². The lowest BCUT2D eigenvalue weighted by Crippen LogP contribution is -2.37. The summed E-state index contributed by atoms with van der Waals surface area (Å²) in [6, 6.07) is 4.10. The number of aliphatic carboxylic acids is 1. The summed E-state index contributed by atoms with van der Waals surface area (Å²) in [5.41, 5.74) is 0.497. The van der Waals surface area contributed by atoms with E-state index in [-0.39, 0.29) is 5.82 Å². The Morgan fingerprint density at radius 2 is 2.20 bits per heavy atom. The lowest BCUT2D eigenvalue weighted by molar-refractivity contribution is -0.139. The molecule has 5 heteroatoms. The summed E-state index contributed by atoms with van der Waals surface area (Å²) in [4.78, 5) is 11.0. The van der Waals surface area contributed by atoms with Crippen LogP contribution in [0.2, 0.25) is 5.02 Å². The highest BCUT2D eigenvalue weighted by molar-refractivity contribution is 6.31. The van der Waals surface area contributed by atoms with Crippen molar-refractivity contribution in [3.05, 3.63) is 34.6 Å². The highest BCUT2D eigenvalue weighted by Crippen LogP contribution is 2.20. The number of carbonyl (C=O) groups is 1. The van der Waals surface area contributed by atoms with Gasteiger partial charge < -0.3 is 10.4 Å². The van der Waals surface area contributed by atoms with E-state index in [0.717, 1.165) is 12.8 Å². The molecular formula is C15H21ClFNO2. The number of rotatable bonds is 9. The molecule has 2 N–H and O–H groups in total. The first kappa shape index (κ1) is 16.9. The predicted octanol–water partition coefficient (Wildman–Crippen LogP) is 3.64. The maximum atomic E-state index is 13.5. The van der Waals surface area contributed by atoms with Gasteiger partial charge in [0.15, 0.2) is 0 Å². The van der Waals surface area contributed by atoms with Crippen molar-refractivity contribution in [3.8, 4) is 0 Å². The first-order valence-corrected chi connectivity index (χ1v) is 7.33. The van der Waals surface area contributed by atoms with E-state index in [0.29, 0.717) is 36.4 Å². The van der Waals surface area contributed by atoms with Crippen molar-refractivity contribution in [1.29, 1.82) is 0 Å². The van der Waals surface area contributed by atoms with Crippen LogP contribution in [0.3, 0.4) is 0 Å². The van der Waals surface area contributed by atoms with Crippen LogP contribution in [0, 0.1) is 5.82 Å². The predicted molar refractivity (Wildman–Crippen MR) is 78.7 cm³/mol. The Balaban J connectivity index is 2.38. The fourth-order valence-corrected chi connectivity index (χ4v) is 2.29. The quantitative estimate of drug-likeness (QED) is 0.685. The SMILES string of the molecule is CCCC[C@H](NCCCc1c(F)cccc1Cl)C(=O)O. The largest absolute Gasteiger partial charge is 0.480 e. The van der Waals surface area contributed by atoms with Gasteiger partial charge in [-0.15, -0.1) is 0 Å². The van der Waals surface area contributed by atoms with Gasteiger partial charge in [-0.1, -0.05) is 37.4 Å². The fourth-order valence-electron chi connectivity index (χ4n) is 2.03. The normalized spacial score (nSPS) is 12.3. The van der Waals surface area contributed by atoms with Gasteiger partial charge in [0.1, 0.15) is 11.9 Å².